The molecule has 2 aromatic carbocycles. The van der Waals surface area contributed by atoms with Gasteiger partial charge in [-0.2, -0.15) is 0 Å². The van der Waals surface area contributed by atoms with E-state index in [1.165, 1.54) is 7.11 Å². The molecule has 0 amide bonds. The van der Waals surface area contributed by atoms with Crippen LogP contribution in [0.15, 0.2) is 54.6 Å². The Morgan fingerprint density at radius 3 is 2.16 bits per heavy atom. The summed E-state index contributed by atoms with van der Waals surface area (Å²) >= 11 is 0. The summed E-state index contributed by atoms with van der Waals surface area (Å²) in [4.78, 5) is 23.5. The molecule has 0 aliphatic heterocycles. The number of hydrogen-bond donors (Lipinski definition) is 1. The fraction of sp³-hybridized carbons (Fsp3) is 0.333. The van der Waals surface area contributed by atoms with Gasteiger partial charge in [0.15, 0.2) is 0 Å². The highest BCUT2D eigenvalue weighted by molar-refractivity contribution is 5.76. The van der Waals surface area contributed by atoms with Crippen LogP contribution in [0, 0.1) is 5.92 Å². The summed E-state index contributed by atoms with van der Waals surface area (Å²) in [5.41, 5.74) is 3.03. The van der Waals surface area contributed by atoms with Gasteiger partial charge in [0.1, 0.15) is 12.3 Å². The molecule has 0 heterocycles. The Kier molecular flexibility index (Phi) is 6.90. The third kappa shape index (κ3) is 5.26. The van der Waals surface area contributed by atoms with Crippen molar-refractivity contribution in [3.63, 3.8) is 0 Å². The highest BCUT2D eigenvalue weighted by Gasteiger charge is 2.24. The van der Waals surface area contributed by atoms with Gasteiger partial charge < -0.3 is 9.53 Å². The summed E-state index contributed by atoms with van der Waals surface area (Å²) in [7, 11) is 1.36. The van der Waals surface area contributed by atoms with Gasteiger partial charge in [-0.1, -0.05) is 68.4 Å². The second-order valence-electron chi connectivity index (χ2n) is 6.47. The maximum absolute atomic E-state index is 12.0. The number of methoxy groups -OCH3 is 1. The van der Waals surface area contributed by atoms with E-state index in [4.69, 9.17) is 4.74 Å². The molecule has 4 nitrogen and oxygen atoms in total. The molecule has 0 aromatic heterocycles. The van der Waals surface area contributed by atoms with Crippen molar-refractivity contribution in [3.05, 3.63) is 60.2 Å². The van der Waals surface area contributed by atoms with Crippen LogP contribution < -0.4 is 5.32 Å². The lowest BCUT2D eigenvalue weighted by atomic mass is 9.99. The van der Waals surface area contributed by atoms with Gasteiger partial charge in [-0.25, -0.2) is 0 Å². The van der Waals surface area contributed by atoms with E-state index in [1.54, 1.807) is 0 Å². The number of aldehydes is 1. The Balaban J connectivity index is 2.16. The van der Waals surface area contributed by atoms with Crippen molar-refractivity contribution in [2.45, 2.75) is 32.4 Å². The fourth-order valence-corrected chi connectivity index (χ4v) is 2.79. The summed E-state index contributed by atoms with van der Waals surface area (Å²) in [6.07, 6.45) is 1.44. The average molecular weight is 339 g/mol. The highest BCUT2D eigenvalue weighted by Crippen LogP contribution is 2.22. The summed E-state index contributed by atoms with van der Waals surface area (Å²) < 4.78 is 4.85. The van der Waals surface area contributed by atoms with E-state index in [-0.39, 0.29) is 5.97 Å². The van der Waals surface area contributed by atoms with Crippen molar-refractivity contribution in [3.8, 4) is 11.1 Å². The van der Waals surface area contributed by atoms with Gasteiger partial charge >= 0.3 is 5.97 Å². The van der Waals surface area contributed by atoms with Crippen molar-refractivity contribution < 1.29 is 14.3 Å². The lowest BCUT2D eigenvalue weighted by molar-refractivity contribution is -0.143. The van der Waals surface area contributed by atoms with Crippen LogP contribution in [0.5, 0.6) is 0 Å². The predicted octanol–water partition coefficient (Wildman–Crippen LogP) is 3.77. The minimum Gasteiger partial charge on any atom is -0.468 e. The molecule has 1 N–H and O–H groups in total. The minimum atomic E-state index is -0.548. The van der Waals surface area contributed by atoms with Gasteiger partial charge in [0.25, 0.3) is 0 Å². The average Bonchev–Trinajstić information content (AvgIpc) is 2.65. The number of ether oxygens (including phenoxy) is 1. The number of carbonyl (C=O) groups excluding carboxylic acids is 2. The summed E-state index contributed by atoms with van der Waals surface area (Å²) in [6, 6.07) is 16.8. The van der Waals surface area contributed by atoms with Crippen molar-refractivity contribution in [2.75, 3.05) is 7.11 Å². The van der Waals surface area contributed by atoms with Gasteiger partial charge in [0, 0.05) is 0 Å². The molecule has 0 bridgehead atoms. The van der Waals surface area contributed by atoms with Crippen molar-refractivity contribution in [1.29, 1.82) is 0 Å². The van der Waals surface area contributed by atoms with E-state index in [2.05, 4.69) is 5.32 Å². The summed E-state index contributed by atoms with van der Waals surface area (Å²) in [6.45, 7) is 4.06. The molecule has 0 aliphatic carbocycles. The molecular weight excluding hydrogens is 314 g/mol. The maximum atomic E-state index is 12.0. The van der Waals surface area contributed by atoms with Gasteiger partial charge in [-0.15, -0.1) is 0 Å². The van der Waals surface area contributed by atoms with Gasteiger partial charge in [0.2, 0.25) is 0 Å². The normalized spacial score (nSPS) is 13.3. The zero-order valence-corrected chi connectivity index (χ0v) is 14.9. The first kappa shape index (κ1) is 18.9. The van der Waals surface area contributed by atoms with E-state index in [1.807, 2.05) is 68.4 Å². The molecule has 0 aliphatic rings. The minimum absolute atomic E-state index is 0.310. The Hall–Kier alpha value is -2.46. The molecule has 132 valence electrons. The molecule has 0 fully saturated rings. The van der Waals surface area contributed by atoms with Crippen LogP contribution in [0.1, 0.15) is 31.9 Å². The van der Waals surface area contributed by atoms with E-state index in [9.17, 15) is 9.59 Å². The van der Waals surface area contributed by atoms with Crippen molar-refractivity contribution in [2.24, 2.45) is 5.92 Å². The molecule has 0 saturated carbocycles. The molecular formula is C21H25NO3. The topological polar surface area (TPSA) is 55.4 Å². The number of carbonyl (C=O) groups is 2. The van der Waals surface area contributed by atoms with Crippen LogP contribution in [-0.4, -0.2) is 25.4 Å². The SMILES string of the molecule is COC(=O)C(CC(C)C)NC(C=O)c1ccc(-c2ccccc2)cc1. The van der Waals surface area contributed by atoms with Crippen LogP contribution >= 0.6 is 0 Å². The first-order valence-corrected chi connectivity index (χ1v) is 8.49. The fourth-order valence-electron chi connectivity index (χ4n) is 2.79. The monoisotopic (exact) mass is 339 g/mol. The van der Waals surface area contributed by atoms with E-state index < -0.39 is 12.1 Å². The number of hydrogen-bond acceptors (Lipinski definition) is 4. The van der Waals surface area contributed by atoms with E-state index in [0.717, 1.165) is 23.0 Å². The van der Waals surface area contributed by atoms with E-state index in [0.29, 0.717) is 12.3 Å². The molecule has 25 heavy (non-hydrogen) atoms. The zero-order chi connectivity index (χ0) is 18.2. The van der Waals surface area contributed by atoms with Crippen LogP contribution in [0.25, 0.3) is 11.1 Å². The number of nitrogens with one attached hydrogen (secondary N) is 1. The lowest BCUT2D eigenvalue weighted by Crippen LogP contribution is -2.41. The Morgan fingerprint density at radius 2 is 1.64 bits per heavy atom. The Morgan fingerprint density at radius 1 is 1.04 bits per heavy atom. The van der Waals surface area contributed by atoms with Crippen molar-refractivity contribution in [1.82, 2.24) is 5.32 Å². The molecule has 0 saturated heterocycles. The first-order chi connectivity index (χ1) is 12.0. The zero-order valence-electron chi connectivity index (χ0n) is 14.9. The van der Waals surface area contributed by atoms with E-state index >= 15 is 0 Å². The molecule has 0 spiro atoms. The van der Waals surface area contributed by atoms with Gasteiger partial charge in [0.05, 0.1) is 13.2 Å². The third-order valence-electron chi connectivity index (χ3n) is 4.09. The van der Waals surface area contributed by atoms with Gasteiger partial charge in [-0.3, -0.25) is 10.1 Å². The van der Waals surface area contributed by atoms with Crippen LogP contribution in [0.2, 0.25) is 0 Å². The number of rotatable bonds is 8. The lowest BCUT2D eigenvalue weighted by Gasteiger charge is -2.22. The predicted molar refractivity (Wildman–Crippen MR) is 99.1 cm³/mol. The molecule has 2 aromatic rings. The van der Waals surface area contributed by atoms with Crippen LogP contribution in [-0.2, 0) is 14.3 Å². The Labute approximate surface area is 149 Å². The van der Waals surface area contributed by atoms with Crippen LogP contribution in [0.3, 0.4) is 0 Å². The standard InChI is InChI=1S/C21H25NO3/c1-15(2)13-19(21(24)25-3)22-20(14-23)18-11-9-17(10-12-18)16-7-5-4-6-8-16/h4-12,14-15,19-20,22H,13H2,1-3H3. The maximum Gasteiger partial charge on any atom is 0.322 e. The smallest absolute Gasteiger partial charge is 0.322 e. The number of benzene rings is 2. The Bertz CT molecular complexity index is 680. The molecule has 4 heteroatoms. The number of esters is 1. The first-order valence-electron chi connectivity index (χ1n) is 8.49. The largest absolute Gasteiger partial charge is 0.468 e. The molecule has 2 rings (SSSR count). The molecule has 2 atom stereocenters. The quantitative estimate of drug-likeness (QED) is 0.587. The summed E-state index contributed by atoms with van der Waals surface area (Å²) in [5, 5.41) is 3.12. The third-order valence-corrected chi connectivity index (χ3v) is 4.09. The summed E-state index contributed by atoms with van der Waals surface area (Å²) in [5.74, 6) is -0.0363. The van der Waals surface area contributed by atoms with Crippen LogP contribution in [0.4, 0.5) is 0 Å². The van der Waals surface area contributed by atoms with Gasteiger partial charge in [-0.05, 0) is 29.0 Å². The van der Waals surface area contributed by atoms with Crippen molar-refractivity contribution >= 4 is 12.3 Å². The second-order valence-corrected chi connectivity index (χ2v) is 6.47. The second kappa shape index (κ2) is 9.14. The molecule has 0 radical (unpaired) electrons. The highest BCUT2D eigenvalue weighted by atomic mass is 16.5. The molecule has 2 unspecified atom stereocenters.